The highest BCUT2D eigenvalue weighted by molar-refractivity contribution is 9.10. The summed E-state index contributed by atoms with van der Waals surface area (Å²) in [6.45, 7) is 0. The van der Waals surface area contributed by atoms with Gasteiger partial charge in [-0.1, -0.05) is 11.6 Å². The zero-order valence-corrected chi connectivity index (χ0v) is 12.3. The minimum Gasteiger partial charge on any atom is -0.300 e. The fourth-order valence-corrected chi connectivity index (χ4v) is 2.57. The maximum Gasteiger partial charge on any atom is 0.273 e. The highest BCUT2D eigenvalue weighted by Gasteiger charge is 2.19. The molecule has 0 atom stereocenters. The quantitative estimate of drug-likeness (QED) is 0.888. The first-order valence-corrected chi connectivity index (χ1v) is 7.40. The average Bonchev–Trinajstić information content (AvgIpc) is 2.64. The number of benzene rings is 1. The van der Waals surface area contributed by atoms with Gasteiger partial charge in [-0.05, 0) is 34.1 Å². The number of nitrogens with two attached hydrogens (primary N) is 1. The molecule has 0 aliphatic carbocycles. The molecule has 0 fully saturated rings. The first-order chi connectivity index (χ1) is 8.30. The molecule has 18 heavy (non-hydrogen) atoms. The summed E-state index contributed by atoms with van der Waals surface area (Å²) in [5.41, 5.74) is 0.677. The van der Waals surface area contributed by atoms with Gasteiger partial charge in [-0.3, -0.25) is 4.57 Å². The van der Waals surface area contributed by atoms with Crippen LogP contribution in [0.5, 0.6) is 0 Å². The molecule has 6 nitrogen and oxygen atoms in total. The molecule has 0 bridgehead atoms. The van der Waals surface area contributed by atoms with E-state index in [4.69, 9.17) is 16.7 Å². The molecule has 0 saturated carbocycles. The van der Waals surface area contributed by atoms with Gasteiger partial charge in [-0.2, -0.15) is 0 Å². The molecule has 96 valence electrons. The number of primary sulfonamides is 1. The van der Waals surface area contributed by atoms with Crippen LogP contribution in [0.1, 0.15) is 0 Å². The van der Waals surface area contributed by atoms with Crippen LogP contribution in [0.4, 0.5) is 0 Å². The third-order valence-electron chi connectivity index (χ3n) is 2.27. The fourth-order valence-electron chi connectivity index (χ4n) is 1.45. The van der Waals surface area contributed by atoms with Crippen LogP contribution in [0.15, 0.2) is 27.8 Å². The topological polar surface area (TPSA) is 90.9 Å². The van der Waals surface area contributed by atoms with Gasteiger partial charge < -0.3 is 0 Å². The molecule has 0 saturated heterocycles. The molecule has 0 aliphatic heterocycles. The second kappa shape index (κ2) is 4.61. The van der Waals surface area contributed by atoms with E-state index in [-0.39, 0.29) is 5.16 Å². The first-order valence-electron chi connectivity index (χ1n) is 4.68. The molecule has 0 radical (unpaired) electrons. The predicted molar refractivity (Wildman–Crippen MR) is 70.5 cm³/mol. The smallest absolute Gasteiger partial charge is 0.273 e. The van der Waals surface area contributed by atoms with Crippen molar-refractivity contribution >= 4 is 37.6 Å². The Morgan fingerprint density at radius 3 is 2.56 bits per heavy atom. The number of nitrogens with zero attached hydrogens (tertiary/aromatic N) is 3. The van der Waals surface area contributed by atoms with Crippen LogP contribution in [-0.4, -0.2) is 23.2 Å². The van der Waals surface area contributed by atoms with Crippen molar-refractivity contribution in [3.63, 3.8) is 0 Å². The van der Waals surface area contributed by atoms with E-state index in [1.165, 1.54) is 11.6 Å². The van der Waals surface area contributed by atoms with Gasteiger partial charge in [0.05, 0.1) is 5.02 Å². The minimum atomic E-state index is -3.89. The van der Waals surface area contributed by atoms with Crippen molar-refractivity contribution in [2.75, 3.05) is 0 Å². The zero-order chi connectivity index (χ0) is 13.5. The van der Waals surface area contributed by atoms with Gasteiger partial charge in [-0.25, -0.2) is 13.6 Å². The van der Waals surface area contributed by atoms with Crippen molar-refractivity contribution in [3.8, 4) is 11.4 Å². The summed E-state index contributed by atoms with van der Waals surface area (Å²) in [6.07, 6.45) is 0. The Labute approximate surface area is 117 Å². The van der Waals surface area contributed by atoms with Crippen LogP contribution < -0.4 is 5.14 Å². The number of hydrogen-bond acceptors (Lipinski definition) is 4. The number of sulfonamides is 1. The molecule has 1 aromatic carbocycles. The minimum absolute atomic E-state index is 0.288. The Kier molecular flexibility index (Phi) is 3.45. The third kappa shape index (κ3) is 2.41. The summed E-state index contributed by atoms with van der Waals surface area (Å²) in [5.74, 6) is 0.386. The number of halogens is 2. The highest BCUT2D eigenvalue weighted by Crippen LogP contribution is 2.28. The lowest BCUT2D eigenvalue weighted by Gasteiger charge is -2.04. The van der Waals surface area contributed by atoms with E-state index in [0.717, 1.165) is 0 Å². The predicted octanol–water partition coefficient (Wildman–Crippen LogP) is 1.55. The van der Waals surface area contributed by atoms with Gasteiger partial charge in [0.25, 0.3) is 15.2 Å². The van der Waals surface area contributed by atoms with E-state index in [9.17, 15) is 8.42 Å². The summed E-state index contributed by atoms with van der Waals surface area (Å²) < 4.78 is 24.5. The van der Waals surface area contributed by atoms with E-state index >= 15 is 0 Å². The van der Waals surface area contributed by atoms with Crippen molar-refractivity contribution in [2.45, 2.75) is 5.16 Å². The molecule has 2 N–H and O–H groups in total. The molecule has 0 aliphatic rings. The van der Waals surface area contributed by atoms with Crippen molar-refractivity contribution < 1.29 is 8.42 Å². The van der Waals surface area contributed by atoms with E-state index in [1.54, 1.807) is 18.2 Å². The molecule has 2 aromatic rings. The molecule has 0 amide bonds. The molecule has 9 heteroatoms. The normalized spacial score (nSPS) is 11.8. The summed E-state index contributed by atoms with van der Waals surface area (Å²) in [6, 6.07) is 5.11. The number of hydrogen-bond donors (Lipinski definition) is 1. The molecule has 1 heterocycles. The van der Waals surface area contributed by atoms with Crippen LogP contribution in [0.2, 0.25) is 5.02 Å². The zero-order valence-electron chi connectivity index (χ0n) is 9.13. The van der Waals surface area contributed by atoms with Crippen LogP contribution in [-0.2, 0) is 17.1 Å². The molecular weight excluding hydrogens is 344 g/mol. The van der Waals surface area contributed by atoms with E-state index in [2.05, 4.69) is 26.1 Å². The average molecular weight is 352 g/mol. The lowest BCUT2D eigenvalue weighted by Crippen LogP contribution is -2.17. The van der Waals surface area contributed by atoms with E-state index in [0.29, 0.717) is 20.9 Å². The van der Waals surface area contributed by atoms with Gasteiger partial charge >= 0.3 is 0 Å². The van der Waals surface area contributed by atoms with E-state index < -0.39 is 10.0 Å². The standard InChI is InChI=1S/C9H8BrClN4O2S/c1-15-8(13-14-9(15)18(12,16)17)5-2-3-7(11)6(10)4-5/h2-4H,1H3,(H2,12,16,17). The molecule has 1 aromatic heterocycles. The number of rotatable bonds is 2. The fraction of sp³-hybridized carbons (Fsp3) is 0.111. The van der Waals surface area contributed by atoms with Crippen LogP contribution in [0, 0.1) is 0 Å². The van der Waals surface area contributed by atoms with Crippen molar-refractivity contribution in [1.82, 2.24) is 14.8 Å². The summed E-state index contributed by atoms with van der Waals surface area (Å²) in [5, 5.41) is 12.7. The van der Waals surface area contributed by atoms with Crippen molar-refractivity contribution in [1.29, 1.82) is 0 Å². The summed E-state index contributed by atoms with van der Waals surface area (Å²) >= 11 is 9.16. The monoisotopic (exact) mass is 350 g/mol. The van der Waals surface area contributed by atoms with Crippen LogP contribution >= 0.6 is 27.5 Å². The third-order valence-corrected chi connectivity index (χ3v) is 4.35. The van der Waals surface area contributed by atoms with Gasteiger partial charge in [-0.15, -0.1) is 10.2 Å². The van der Waals surface area contributed by atoms with Gasteiger partial charge in [0.1, 0.15) is 0 Å². The molecular formula is C9H8BrClN4O2S. The Hall–Kier alpha value is -0.960. The second-order valence-corrected chi connectivity index (χ2v) is 6.26. The Balaban J connectivity index is 2.59. The SMILES string of the molecule is Cn1c(-c2ccc(Cl)c(Br)c2)nnc1S(N)(=O)=O. The maximum atomic E-state index is 11.2. The Bertz CT molecular complexity index is 713. The van der Waals surface area contributed by atoms with Gasteiger partial charge in [0, 0.05) is 17.1 Å². The van der Waals surface area contributed by atoms with Crippen LogP contribution in [0.3, 0.4) is 0 Å². The Morgan fingerprint density at radius 2 is 2.06 bits per heavy atom. The molecule has 0 unspecified atom stereocenters. The van der Waals surface area contributed by atoms with E-state index in [1.807, 2.05) is 0 Å². The van der Waals surface area contributed by atoms with Crippen molar-refractivity contribution in [3.05, 3.63) is 27.7 Å². The summed E-state index contributed by atoms with van der Waals surface area (Å²) in [4.78, 5) is 0. The largest absolute Gasteiger partial charge is 0.300 e. The summed E-state index contributed by atoms with van der Waals surface area (Å²) in [7, 11) is -2.36. The molecule has 2 rings (SSSR count). The first kappa shape index (κ1) is 13.5. The molecule has 0 spiro atoms. The highest BCUT2D eigenvalue weighted by atomic mass is 79.9. The lowest BCUT2D eigenvalue weighted by molar-refractivity contribution is 0.580. The lowest BCUT2D eigenvalue weighted by atomic mass is 10.2. The Morgan fingerprint density at radius 1 is 1.39 bits per heavy atom. The van der Waals surface area contributed by atoms with Gasteiger partial charge in [0.2, 0.25) is 0 Å². The van der Waals surface area contributed by atoms with Gasteiger partial charge in [0.15, 0.2) is 5.82 Å². The maximum absolute atomic E-state index is 11.2. The number of aromatic nitrogens is 3. The van der Waals surface area contributed by atoms with Crippen LogP contribution in [0.25, 0.3) is 11.4 Å². The second-order valence-electron chi connectivity index (χ2n) is 3.54. The van der Waals surface area contributed by atoms with Crippen molar-refractivity contribution in [2.24, 2.45) is 12.2 Å².